The third kappa shape index (κ3) is 1.13. The minimum absolute atomic E-state index is 0.626. The van der Waals surface area contributed by atoms with Crippen LogP contribution in [0.3, 0.4) is 0 Å². The largest absolute Gasteiger partial charge is 0.297 e. The molecule has 2 heteroatoms. The van der Waals surface area contributed by atoms with Gasteiger partial charge in [-0.05, 0) is 38.8 Å². The van der Waals surface area contributed by atoms with E-state index in [0.29, 0.717) is 5.54 Å². The van der Waals surface area contributed by atoms with Crippen LogP contribution in [-0.4, -0.2) is 27.5 Å². The van der Waals surface area contributed by atoms with Crippen LogP contribution < -0.4 is 0 Å². The van der Waals surface area contributed by atoms with Gasteiger partial charge in [-0.15, -0.1) is 0 Å². The fraction of sp³-hybridized carbons (Fsp3) is 1.00. The average Bonchev–Trinajstić information content (AvgIpc) is 2.40. The van der Waals surface area contributed by atoms with E-state index in [1.54, 1.807) is 0 Å². The molecule has 2 heterocycles. The van der Waals surface area contributed by atoms with Gasteiger partial charge in [0.15, 0.2) is 0 Å². The Labute approximate surface area is 82.7 Å². The molecule has 0 radical (unpaired) electrons. The van der Waals surface area contributed by atoms with E-state index in [2.05, 4.69) is 34.4 Å². The first-order chi connectivity index (χ1) is 5.26. The van der Waals surface area contributed by atoms with Gasteiger partial charge in [0.2, 0.25) is 0 Å². The van der Waals surface area contributed by atoms with Crippen LogP contribution in [0.15, 0.2) is 0 Å². The third-order valence-corrected chi connectivity index (χ3v) is 4.61. The smallest absolute Gasteiger partial charge is 0.0325 e. The Hall–Kier alpha value is 0.690. The van der Waals surface area contributed by atoms with Crippen molar-refractivity contribution < 1.29 is 0 Å². The summed E-state index contributed by atoms with van der Waals surface area (Å²) in [6, 6.07) is 0. The van der Waals surface area contributed by atoms with Crippen molar-refractivity contribution in [3.8, 4) is 0 Å². The summed E-state index contributed by atoms with van der Waals surface area (Å²) in [5.74, 6) is 0. The third-order valence-electron chi connectivity index (χ3n) is 3.45. The van der Waals surface area contributed by atoms with Crippen molar-refractivity contribution in [2.45, 2.75) is 42.1 Å². The Balaban J connectivity index is 2.20. The lowest BCUT2D eigenvalue weighted by molar-refractivity contribution is 0.201. The molecule has 0 unspecified atom stereocenters. The Kier molecular flexibility index (Phi) is 2.17. The van der Waals surface area contributed by atoms with Crippen LogP contribution >= 0.6 is 22.6 Å². The van der Waals surface area contributed by atoms with Gasteiger partial charge in [-0.2, -0.15) is 0 Å². The van der Waals surface area contributed by atoms with Crippen LogP contribution in [0.1, 0.15) is 32.6 Å². The molecular weight excluding hydrogens is 249 g/mol. The molecule has 0 N–H and O–H groups in total. The predicted molar refractivity (Wildman–Crippen MR) is 56.3 cm³/mol. The molecule has 2 aliphatic heterocycles. The average molecular weight is 265 g/mol. The first-order valence-corrected chi connectivity index (χ1v) is 5.89. The molecule has 2 saturated heterocycles. The molecule has 0 saturated carbocycles. The van der Waals surface area contributed by atoms with E-state index >= 15 is 0 Å². The van der Waals surface area contributed by atoms with Crippen molar-refractivity contribution in [1.82, 2.24) is 4.90 Å². The maximum absolute atomic E-state index is 2.73. The van der Waals surface area contributed by atoms with Crippen LogP contribution in [0.25, 0.3) is 0 Å². The fourth-order valence-electron chi connectivity index (χ4n) is 2.80. The second-order valence-electron chi connectivity index (χ2n) is 3.91. The van der Waals surface area contributed by atoms with Gasteiger partial charge in [0.05, 0.1) is 0 Å². The molecule has 0 aliphatic carbocycles. The normalized spacial score (nSPS) is 32.2. The predicted octanol–water partition coefficient (Wildman–Crippen LogP) is 2.44. The van der Waals surface area contributed by atoms with Crippen LogP contribution in [0.2, 0.25) is 0 Å². The van der Waals surface area contributed by atoms with Crippen molar-refractivity contribution in [2.24, 2.45) is 0 Å². The second-order valence-corrected chi connectivity index (χ2v) is 5.78. The van der Waals surface area contributed by atoms with Gasteiger partial charge in [-0.1, -0.05) is 29.5 Å². The summed E-state index contributed by atoms with van der Waals surface area (Å²) in [5.41, 5.74) is 0.626. The Morgan fingerprint density at radius 2 is 1.82 bits per heavy atom. The number of rotatable bonds is 1. The van der Waals surface area contributed by atoms with E-state index in [1.807, 2.05) is 0 Å². The maximum atomic E-state index is 2.73. The molecule has 2 aliphatic rings. The molecule has 2 fully saturated rings. The second kappa shape index (κ2) is 2.87. The summed E-state index contributed by atoms with van der Waals surface area (Å²) in [6.45, 7) is 5.12. The monoisotopic (exact) mass is 265 g/mol. The number of hydrogen-bond acceptors (Lipinski definition) is 1. The van der Waals surface area contributed by atoms with E-state index in [1.165, 1.54) is 38.8 Å². The Bertz CT molecular complexity index is 146. The van der Waals surface area contributed by atoms with E-state index in [0.717, 1.165) is 3.92 Å². The molecule has 11 heavy (non-hydrogen) atoms. The molecule has 0 aromatic rings. The van der Waals surface area contributed by atoms with E-state index in [4.69, 9.17) is 0 Å². The SMILES string of the molecule is C[C@@H](I)C12CCCN1CCC2. The van der Waals surface area contributed by atoms with Gasteiger partial charge < -0.3 is 0 Å². The highest BCUT2D eigenvalue weighted by Gasteiger charge is 2.46. The molecule has 0 aromatic heterocycles. The lowest BCUT2D eigenvalue weighted by Gasteiger charge is -2.34. The van der Waals surface area contributed by atoms with Crippen LogP contribution in [-0.2, 0) is 0 Å². The zero-order chi connectivity index (χ0) is 7.90. The number of fused-ring (bicyclic) bond motifs is 1. The van der Waals surface area contributed by atoms with Crippen LogP contribution in [0.4, 0.5) is 0 Å². The summed E-state index contributed by atoms with van der Waals surface area (Å²) < 4.78 is 0.838. The van der Waals surface area contributed by atoms with E-state index in [-0.39, 0.29) is 0 Å². The first kappa shape index (κ1) is 8.30. The molecule has 0 spiro atoms. The zero-order valence-corrected chi connectivity index (χ0v) is 9.30. The highest BCUT2D eigenvalue weighted by molar-refractivity contribution is 14.1. The Morgan fingerprint density at radius 1 is 1.27 bits per heavy atom. The number of nitrogens with zero attached hydrogens (tertiary/aromatic N) is 1. The van der Waals surface area contributed by atoms with Crippen molar-refractivity contribution in [2.75, 3.05) is 13.1 Å². The number of alkyl halides is 1. The fourth-order valence-corrected chi connectivity index (χ4v) is 3.82. The summed E-state index contributed by atoms with van der Waals surface area (Å²) in [5, 5.41) is 0. The highest BCUT2D eigenvalue weighted by atomic mass is 127. The quantitative estimate of drug-likeness (QED) is 0.520. The van der Waals surface area contributed by atoms with Gasteiger partial charge in [0.1, 0.15) is 0 Å². The molecule has 2 rings (SSSR count). The minimum atomic E-state index is 0.626. The van der Waals surface area contributed by atoms with Crippen molar-refractivity contribution in [3.05, 3.63) is 0 Å². The molecular formula is C9H16IN. The maximum Gasteiger partial charge on any atom is 0.0325 e. The lowest BCUT2D eigenvalue weighted by Crippen LogP contribution is -2.44. The van der Waals surface area contributed by atoms with Crippen LogP contribution in [0, 0.1) is 0 Å². The van der Waals surface area contributed by atoms with E-state index < -0.39 is 0 Å². The molecule has 1 atom stereocenters. The van der Waals surface area contributed by atoms with Gasteiger partial charge in [-0.25, -0.2) is 0 Å². The number of halogens is 1. The summed E-state index contributed by atoms with van der Waals surface area (Å²) in [4.78, 5) is 2.73. The minimum Gasteiger partial charge on any atom is -0.297 e. The van der Waals surface area contributed by atoms with Crippen molar-refractivity contribution in [1.29, 1.82) is 0 Å². The number of hydrogen-bond donors (Lipinski definition) is 0. The summed E-state index contributed by atoms with van der Waals surface area (Å²) in [7, 11) is 0. The molecule has 0 aromatic carbocycles. The standard InChI is InChI=1S/C9H16IN/c1-8(10)9-4-2-6-11(9)7-3-5-9/h8H,2-7H2,1H3/t8-/m1/s1. The first-order valence-electron chi connectivity index (χ1n) is 4.65. The van der Waals surface area contributed by atoms with Gasteiger partial charge in [-0.3, -0.25) is 4.90 Å². The Morgan fingerprint density at radius 3 is 2.18 bits per heavy atom. The zero-order valence-electron chi connectivity index (χ0n) is 7.15. The van der Waals surface area contributed by atoms with Crippen molar-refractivity contribution >= 4 is 22.6 Å². The van der Waals surface area contributed by atoms with Gasteiger partial charge >= 0.3 is 0 Å². The lowest BCUT2D eigenvalue weighted by atomic mass is 9.91. The molecule has 64 valence electrons. The molecule has 0 bridgehead atoms. The van der Waals surface area contributed by atoms with Crippen LogP contribution in [0.5, 0.6) is 0 Å². The summed E-state index contributed by atoms with van der Waals surface area (Å²) in [6.07, 6.45) is 5.79. The van der Waals surface area contributed by atoms with E-state index in [9.17, 15) is 0 Å². The highest BCUT2D eigenvalue weighted by Crippen LogP contribution is 2.43. The van der Waals surface area contributed by atoms with Crippen molar-refractivity contribution in [3.63, 3.8) is 0 Å². The molecule has 0 amide bonds. The van der Waals surface area contributed by atoms with Gasteiger partial charge in [0.25, 0.3) is 0 Å². The van der Waals surface area contributed by atoms with Gasteiger partial charge in [0, 0.05) is 9.46 Å². The summed E-state index contributed by atoms with van der Waals surface area (Å²) >= 11 is 2.61. The topological polar surface area (TPSA) is 3.24 Å². The molecule has 1 nitrogen and oxygen atoms in total.